The highest BCUT2D eigenvalue weighted by Gasteiger charge is 2.40. The molecule has 0 saturated heterocycles. The minimum Gasteiger partial charge on any atom is -0.507 e. The Hall–Kier alpha value is -3.82. The molecule has 120 valence electrons. The number of hydrogen-bond acceptors (Lipinski definition) is 8. The Labute approximate surface area is 131 Å². The van der Waals surface area contributed by atoms with E-state index in [1.54, 1.807) is 0 Å². The monoisotopic (exact) mass is 330 g/mol. The van der Waals surface area contributed by atoms with E-state index in [1.807, 2.05) is 0 Å². The Morgan fingerprint density at radius 3 is 1.83 bits per heavy atom. The number of fused-ring (bicyclic) bond motifs is 2. The number of aromatic hydroxyl groups is 2. The van der Waals surface area contributed by atoms with E-state index < -0.39 is 66.5 Å². The largest absolute Gasteiger partial charge is 0.507 e. The molecule has 2 aromatic carbocycles. The zero-order valence-corrected chi connectivity index (χ0v) is 11.5. The second kappa shape index (κ2) is 4.84. The van der Waals surface area contributed by atoms with Gasteiger partial charge in [0.05, 0.1) is 27.0 Å². The van der Waals surface area contributed by atoms with Crippen molar-refractivity contribution in [3.8, 4) is 11.5 Å². The van der Waals surface area contributed by atoms with Crippen molar-refractivity contribution in [3.63, 3.8) is 0 Å². The van der Waals surface area contributed by atoms with Gasteiger partial charge in [-0.25, -0.2) is 0 Å². The van der Waals surface area contributed by atoms with Crippen LogP contribution in [0.5, 0.6) is 11.5 Å². The quantitative estimate of drug-likeness (QED) is 0.407. The topological polar surface area (TPSA) is 161 Å². The normalized spacial score (nSPS) is 12.5. The zero-order chi connectivity index (χ0) is 17.8. The van der Waals surface area contributed by atoms with Gasteiger partial charge < -0.3 is 10.2 Å². The number of rotatable bonds is 2. The predicted molar refractivity (Wildman–Crippen MR) is 76.4 cm³/mol. The Morgan fingerprint density at radius 1 is 0.792 bits per heavy atom. The van der Waals surface area contributed by atoms with E-state index in [1.165, 1.54) is 0 Å². The molecule has 0 heterocycles. The van der Waals surface area contributed by atoms with E-state index in [4.69, 9.17) is 0 Å². The van der Waals surface area contributed by atoms with Crippen LogP contribution in [0.1, 0.15) is 31.8 Å². The molecule has 0 spiro atoms. The minimum absolute atomic E-state index is 0.553. The number of nitro benzene ring substituents is 2. The van der Waals surface area contributed by atoms with Gasteiger partial charge in [0.25, 0.3) is 11.4 Å². The van der Waals surface area contributed by atoms with Crippen LogP contribution in [-0.4, -0.2) is 31.6 Å². The molecule has 0 saturated carbocycles. The molecule has 3 rings (SSSR count). The van der Waals surface area contributed by atoms with Crippen LogP contribution in [-0.2, 0) is 0 Å². The van der Waals surface area contributed by atoms with Gasteiger partial charge in [0.15, 0.2) is 5.78 Å². The maximum Gasteiger partial charge on any atom is 0.288 e. The van der Waals surface area contributed by atoms with Gasteiger partial charge in [0.2, 0.25) is 5.78 Å². The van der Waals surface area contributed by atoms with E-state index in [-0.39, 0.29) is 0 Å². The first-order chi connectivity index (χ1) is 11.2. The van der Waals surface area contributed by atoms with Crippen LogP contribution in [0, 0.1) is 20.2 Å². The molecule has 0 fully saturated rings. The van der Waals surface area contributed by atoms with Crippen molar-refractivity contribution >= 4 is 22.9 Å². The molecule has 0 aliphatic heterocycles. The summed E-state index contributed by atoms with van der Waals surface area (Å²) in [5, 5.41) is 41.7. The van der Waals surface area contributed by atoms with Crippen LogP contribution in [0.25, 0.3) is 0 Å². The SMILES string of the molecule is O=C1c2cc([N+](=O)[O-])cc([N+](=O)[O-])c2C(=O)c2c(O)ccc(O)c21. The van der Waals surface area contributed by atoms with Gasteiger partial charge in [-0.1, -0.05) is 0 Å². The van der Waals surface area contributed by atoms with Crippen molar-refractivity contribution in [2.75, 3.05) is 0 Å². The molecule has 0 amide bonds. The van der Waals surface area contributed by atoms with Crippen molar-refractivity contribution in [3.05, 3.63) is 66.7 Å². The molecule has 0 radical (unpaired) electrons. The fourth-order valence-electron chi connectivity index (χ4n) is 2.58. The summed E-state index contributed by atoms with van der Waals surface area (Å²) < 4.78 is 0. The first-order valence-electron chi connectivity index (χ1n) is 6.35. The van der Waals surface area contributed by atoms with Gasteiger partial charge >= 0.3 is 0 Å². The van der Waals surface area contributed by atoms with Crippen LogP contribution in [0.15, 0.2) is 24.3 Å². The fourth-order valence-corrected chi connectivity index (χ4v) is 2.58. The number of nitrogens with zero attached hydrogens (tertiary/aromatic N) is 2. The molecule has 2 N–H and O–H groups in total. The van der Waals surface area contributed by atoms with E-state index in [2.05, 4.69) is 0 Å². The van der Waals surface area contributed by atoms with Crippen LogP contribution >= 0.6 is 0 Å². The molecular formula is C14H6N2O8. The predicted octanol–water partition coefficient (Wildman–Crippen LogP) is 1.69. The Morgan fingerprint density at radius 2 is 1.33 bits per heavy atom. The third-order valence-corrected chi connectivity index (χ3v) is 3.60. The minimum atomic E-state index is -1.07. The summed E-state index contributed by atoms with van der Waals surface area (Å²) in [6, 6.07) is 3.22. The molecular weight excluding hydrogens is 324 g/mol. The summed E-state index contributed by atoms with van der Waals surface area (Å²) >= 11 is 0. The van der Waals surface area contributed by atoms with Gasteiger partial charge in [0, 0.05) is 11.6 Å². The van der Waals surface area contributed by atoms with Crippen molar-refractivity contribution in [2.45, 2.75) is 0 Å². The van der Waals surface area contributed by atoms with Gasteiger partial charge in [-0.15, -0.1) is 0 Å². The lowest BCUT2D eigenvalue weighted by atomic mass is 9.82. The maximum atomic E-state index is 12.5. The molecule has 2 aromatic rings. The molecule has 0 bridgehead atoms. The summed E-state index contributed by atoms with van der Waals surface area (Å²) in [5.74, 6) is -3.37. The number of benzene rings is 2. The molecule has 0 aromatic heterocycles. The molecule has 10 heteroatoms. The average molecular weight is 330 g/mol. The second-order valence-corrected chi connectivity index (χ2v) is 4.91. The number of hydrogen-bond donors (Lipinski definition) is 2. The van der Waals surface area contributed by atoms with Crippen LogP contribution in [0.4, 0.5) is 11.4 Å². The summed E-state index contributed by atoms with van der Waals surface area (Å²) in [4.78, 5) is 45.2. The number of ketones is 2. The number of phenolic OH excluding ortho intramolecular Hbond substituents is 2. The van der Waals surface area contributed by atoms with Crippen LogP contribution in [0.2, 0.25) is 0 Å². The van der Waals surface area contributed by atoms with Crippen molar-refractivity contribution < 1.29 is 29.6 Å². The van der Waals surface area contributed by atoms with E-state index >= 15 is 0 Å². The Balaban J connectivity index is 2.44. The fraction of sp³-hybridized carbons (Fsp3) is 0. The summed E-state index contributed by atoms with van der Waals surface area (Å²) in [7, 11) is 0. The lowest BCUT2D eigenvalue weighted by Gasteiger charge is -2.18. The van der Waals surface area contributed by atoms with E-state index in [0.717, 1.165) is 18.2 Å². The smallest absolute Gasteiger partial charge is 0.288 e. The maximum absolute atomic E-state index is 12.5. The van der Waals surface area contributed by atoms with Crippen molar-refractivity contribution in [1.29, 1.82) is 0 Å². The number of carbonyl (C=O) groups excluding carboxylic acids is 2. The first-order valence-corrected chi connectivity index (χ1v) is 6.35. The third kappa shape index (κ3) is 1.90. The second-order valence-electron chi connectivity index (χ2n) is 4.91. The Bertz CT molecular complexity index is 979. The molecule has 0 unspecified atom stereocenters. The van der Waals surface area contributed by atoms with Crippen LogP contribution in [0.3, 0.4) is 0 Å². The highest BCUT2D eigenvalue weighted by atomic mass is 16.6. The van der Waals surface area contributed by atoms with E-state index in [0.29, 0.717) is 6.07 Å². The number of non-ortho nitro benzene ring substituents is 1. The number of nitro groups is 2. The lowest BCUT2D eigenvalue weighted by Crippen LogP contribution is -2.23. The lowest BCUT2D eigenvalue weighted by molar-refractivity contribution is -0.394. The van der Waals surface area contributed by atoms with Gasteiger partial charge in [-0.2, -0.15) is 0 Å². The highest BCUT2D eigenvalue weighted by Crippen LogP contribution is 2.41. The average Bonchev–Trinajstić information content (AvgIpc) is 2.53. The molecule has 10 nitrogen and oxygen atoms in total. The molecule has 1 aliphatic rings. The molecule has 0 atom stereocenters. The zero-order valence-electron chi connectivity index (χ0n) is 11.5. The van der Waals surface area contributed by atoms with Gasteiger partial charge in [0.1, 0.15) is 17.1 Å². The number of phenols is 2. The van der Waals surface area contributed by atoms with Gasteiger partial charge in [-0.05, 0) is 12.1 Å². The summed E-state index contributed by atoms with van der Waals surface area (Å²) in [5.41, 5.74) is -4.04. The molecule has 1 aliphatic carbocycles. The van der Waals surface area contributed by atoms with Crippen LogP contribution < -0.4 is 0 Å². The van der Waals surface area contributed by atoms with Crippen molar-refractivity contribution in [2.24, 2.45) is 0 Å². The Kier molecular flexibility index (Phi) is 3.04. The highest BCUT2D eigenvalue weighted by molar-refractivity contribution is 6.31. The number of carbonyl (C=O) groups is 2. The molecule has 24 heavy (non-hydrogen) atoms. The third-order valence-electron chi connectivity index (χ3n) is 3.60. The van der Waals surface area contributed by atoms with Gasteiger partial charge in [-0.3, -0.25) is 29.8 Å². The van der Waals surface area contributed by atoms with Crippen molar-refractivity contribution in [1.82, 2.24) is 0 Å². The van der Waals surface area contributed by atoms with E-state index in [9.17, 15) is 40.0 Å². The first kappa shape index (κ1) is 15.1. The summed E-state index contributed by atoms with van der Waals surface area (Å²) in [6.45, 7) is 0. The standard InChI is InChI=1S/C14H6N2O8/c17-8-1-2-9(18)12-11(8)13(19)6-3-5(15(21)22)4-7(16(23)24)10(6)14(12)20/h1-4,17-18H. The summed E-state index contributed by atoms with van der Waals surface area (Å²) in [6.07, 6.45) is 0.